The molecular formula is C18H19NO4. The Morgan fingerprint density at radius 1 is 1.22 bits per heavy atom. The average Bonchev–Trinajstić information content (AvgIpc) is 2.94. The number of hydrogen-bond acceptors (Lipinski definition) is 3. The summed E-state index contributed by atoms with van der Waals surface area (Å²) >= 11 is 0. The molecule has 1 heterocycles. The van der Waals surface area contributed by atoms with Crippen molar-refractivity contribution in [3.8, 4) is 0 Å². The number of hydrogen-bond donors (Lipinski definition) is 2. The van der Waals surface area contributed by atoms with Crippen molar-refractivity contribution in [1.82, 2.24) is 5.32 Å². The van der Waals surface area contributed by atoms with E-state index >= 15 is 0 Å². The van der Waals surface area contributed by atoms with E-state index in [2.05, 4.69) is 19.2 Å². The fourth-order valence-electron chi connectivity index (χ4n) is 3.21. The largest absolute Gasteiger partial charge is 0.478 e. The number of amides is 1. The standard InChI is InChI=1S/C18H19NO4/c1-18(2)9-14(13-7-8-23-15(13)10-18)19-16(20)11-5-3-4-6-12(11)17(21)22/h3-8,14H,9-10H2,1-2H3,(H,19,20)(H,21,22). The fraction of sp³-hybridized carbons (Fsp3) is 0.333. The molecule has 1 aliphatic rings. The second-order valence-corrected chi connectivity index (χ2v) is 6.72. The minimum atomic E-state index is -1.11. The maximum Gasteiger partial charge on any atom is 0.336 e. The van der Waals surface area contributed by atoms with Crippen LogP contribution in [0.3, 0.4) is 0 Å². The molecule has 2 aromatic rings. The molecule has 3 rings (SSSR count). The van der Waals surface area contributed by atoms with Crippen LogP contribution in [0.1, 0.15) is 58.3 Å². The molecule has 2 N–H and O–H groups in total. The summed E-state index contributed by atoms with van der Waals surface area (Å²) in [6, 6.07) is 7.93. The molecule has 1 aliphatic carbocycles. The van der Waals surface area contributed by atoms with Crippen LogP contribution in [0.5, 0.6) is 0 Å². The van der Waals surface area contributed by atoms with Crippen LogP contribution in [-0.2, 0) is 6.42 Å². The zero-order valence-corrected chi connectivity index (χ0v) is 13.1. The number of rotatable bonds is 3. The van der Waals surface area contributed by atoms with Gasteiger partial charge in [-0.25, -0.2) is 4.79 Å². The lowest BCUT2D eigenvalue weighted by Crippen LogP contribution is -2.36. The number of aromatic carboxylic acids is 1. The van der Waals surface area contributed by atoms with Gasteiger partial charge in [0, 0.05) is 12.0 Å². The predicted molar refractivity (Wildman–Crippen MR) is 84.4 cm³/mol. The first kappa shape index (κ1) is 15.3. The van der Waals surface area contributed by atoms with Gasteiger partial charge in [-0.1, -0.05) is 26.0 Å². The van der Waals surface area contributed by atoms with E-state index in [1.165, 1.54) is 12.1 Å². The molecule has 0 spiro atoms. The monoisotopic (exact) mass is 313 g/mol. The minimum absolute atomic E-state index is 0.00693. The predicted octanol–water partition coefficient (Wildman–Crippen LogP) is 3.42. The third kappa shape index (κ3) is 2.99. The van der Waals surface area contributed by atoms with Crippen molar-refractivity contribution in [2.75, 3.05) is 0 Å². The van der Waals surface area contributed by atoms with Gasteiger partial charge in [0.1, 0.15) is 5.76 Å². The molecule has 0 saturated carbocycles. The number of carboxylic acids is 1. The van der Waals surface area contributed by atoms with Gasteiger partial charge in [0.2, 0.25) is 0 Å². The minimum Gasteiger partial charge on any atom is -0.478 e. The summed E-state index contributed by atoms with van der Waals surface area (Å²) in [5.41, 5.74) is 1.17. The van der Waals surface area contributed by atoms with E-state index < -0.39 is 5.97 Å². The molecule has 120 valence electrons. The van der Waals surface area contributed by atoms with Crippen molar-refractivity contribution in [1.29, 1.82) is 0 Å². The molecule has 0 saturated heterocycles. The number of carbonyl (C=O) groups excluding carboxylic acids is 1. The first-order chi connectivity index (χ1) is 10.9. The highest BCUT2D eigenvalue weighted by Gasteiger charge is 2.35. The zero-order chi connectivity index (χ0) is 16.6. The van der Waals surface area contributed by atoms with E-state index in [0.717, 1.165) is 24.2 Å². The van der Waals surface area contributed by atoms with E-state index in [4.69, 9.17) is 4.42 Å². The van der Waals surface area contributed by atoms with E-state index in [-0.39, 0.29) is 28.5 Å². The highest BCUT2D eigenvalue weighted by Crippen LogP contribution is 2.41. The van der Waals surface area contributed by atoms with Crippen LogP contribution < -0.4 is 5.32 Å². The van der Waals surface area contributed by atoms with Crippen LogP contribution in [0.25, 0.3) is 0 Å². The summed E-state index contributed by atoms with van der Waals surface area (Å²) < 4.78 is 5.53. The summed E-state index contributed by atoms with van der Waals surface area (Å²) in [4.78, 5) is 23.9. The number of fused-ring (bicyclic) bond motifs is 1. The third-order valence-electron chi connectivity index (χ3n) is 4.26. The van der Waals surface area contributed by atoms with Crippen LogP contribution in [0.4, 0.5) is 0 Å². The Balaban J connectivity index is 1.88. The van der Waals surface area contributed by atoms with Crippen LogP contribution in [-0.4, -0.2) is 17.0 Å². The van der Waals surface area contributed by atoms with E-state index in [1.807, 2.05) is 6.07 Å². The van der Waals surface area contributed by atoms with Crippen LogP contribution in [0.15, 0.2) is 41.0 Å². The average molecular weight is 313 g/mol. The molecule has 0 aliphatic heterocycles. The second-order valence-electron chi connectivity index (χ2n) is 6.72. The van der Waals surface area contributed by atoms with Crippen molar-refractivity contribution in [2.24, 2.45) is 5.41 Å². The molecule has 23 heavy (non-hydrogen) atoms. The Labute approximate surface area is 134 Å². The summed E-state index contributed by atoms with van der Waals surface area (Å²) in [6.07, 6.45) is 3.24. The number of benzene rings is 1. The Kier molecular flexibility index (Phi) is 3.72. The molecule has 1 unspecified atom stereocenters. The van der Waals surface area contributed by atoms with Gasteiger partial charge in [-0.15, -0.1) is 0 Å². The van der Waals surface area contributed by atoms with Gasteiger partial charge in [-0.2, -0.15) is 0 Å². The van der Waals surface area contributed by atoms with Crippen molar-refractivity contribution < 1.29 is 19.1 Å². The molecule has 1 aromatic carbocycles. The van der Waals surface area contributed by atoms with E-state index in [9.17, 15) is 14.7 Å². The normalized spacial score (nSPS) is 19.0. The van der Waals surface area contributed by atoms with Gasteiger partial charge in [0.15, 0.2) is 0 Å². The molecule has 1 amide bonds. The van der Waals surface area contributed by atoms with Gasteiger partial charge in [0.05, 0.1) is 23.4 Å². The summed E-state index contributed by atoms with van der Waals surface area (Å²) in [5, 5.41) is 12.2. The number of carbonyl (C=O) groups is 2. The summed E-state index contributed by atoms with van der Waals surface area (Å²) in [5.74, 6) is -0.598. The van der Waals surface area contributed by atoms with Crippen molar-refractivity contribution >= 4 is 11.9 Å². The Hall–Kier alpha value is -2.56. The Morgan fingerprint density at radius 2 is 1.91 bits per heavy atom. The molecule has 1 aromatic heterocycles. The SMILES string of the molecule is CC1(C)Cc2occc2C(NC(=O)c2ccccc2C(=O)O)C1. The third-order valence-corrected chi connectivity index (χ3v) is 4.26. The summed E-state index contributed by atoms with van der Waals surface area (Å²) in [6.45, 7) is 4.26. The molecule has 5 heteroatoms. The number of furan rings is 1. The molecule has 5 nitrogen and oxygen atoms in total. The first-order valence-electron chi connectivity index (χ1n) is 7.57. The van der Waals surface area contributed by atoms with Gasteiger partial charge < -0.3 is 14.8 Å². The molecule has 0 radical (unpaired) electrons. The molecule has 0 bridgehead atoms. The van der Waals surface area contributed by atoms with Gasteiger partial charge in [-0.05, 0) is 30.0 Å². The molecule has 1 atom stereocenters. The first-order valence-corrected chi connectivity index (χ1v) is 7.57. The number of nitrogens with one attached hydrogen (secondary N) is 1. The van der Waals surface area contributed by atoms with Gasteiger partial charge >= 0.3 is 5.97 Å². The lowest BCUT2D eigenvalue weighted by molar-refractivity contribution is 0.0689. The second kappa shape index (κ2) is 5.57. The van der Waals surface area contributed by atoms with Gasteiger partial charge in [0.25, 0.3) is 5.91 Å². The molecular weight excluding hydrogens is 294 g/mol. The fourth-order valence-corrected chi connectivity index (χ4v) is 3.21. The van der Waals surface area contributed by atoms with Crippen molar-refractivity contribution in [2.45, 2.75) is 32.7 Å². The van der Waals surface area contributed by atoms with Crippen molar-refractivity contribution in [3.05, 3.63) is 59.0 Å². The van der Waals surface area contributed by atoms with Crippen LogP contribution >= 0.6 is 0 Å². The van der Waals surface area contributed by atoms with Crippen molar-refractivity contribution in [3.63, 3.8) is 0 Å². The number of carboxylic acid groups (broad SMARTS) is 1. The van der Waals surface area contributed by atoms with Gasteiger partial charge in [-0.3, -0.25) is 4.79 Å². The lowest BCUT2D eigenvalue weighted by Gasteiger charge is -2.34. The topological polar surface area (TPSA) is 79.5 Å². The van der Waals surface area contributed by atoms with Crippen LogP contribution in [0.2, 0.25) is 0 Å². The molecule has 0 fully saturated rings. The lowest BCUT2D eigenvalue weighted by atomic mass is 9.74. The maximum atomic E-state index is 12.6. The highest BCUT2D eigenvalue weighted by atomic mass is 16.4. The maximum absolute atomic E-state index is 12.6. The smallest absolute Gasteiger partial charge is 0.336 e. The van der Waals surface area contributed by atoms with E-state index in [0.29, 0.717) is 0 Å². The quantitative estimate of drug-likeness (QED) is 0.910. The van der Waals surface area contributed by atoms with Crippen LogP contribution in [0, 0.1) is 5.41 Å². The van der Waals surface area contributed by atoms with E-state index in [1.54, 1.807) is 18.4 Å². The highest BCUT2D eigenvalue weighted by molar-refractivity contribution is 6.04. The summed E-state index contributed by atoms with van der Waals surface area (Å²) in [7, 11) is 0. The Morgan fingerprint density at radius 3 is 2.61 bits per heavy atom. The Bertz CT molecular complexity index is 760. The zero-order valence-electron chi connectivity index (χ0n) is 13.1.